The van der Waals surface area contributed by atoms with Gasteiger partial charge >= 0.3 is 0 Å². The molecule has 4 heteroatoms. The maximum atomic E-state index is 12.2. The van der Waals surface area contributed by atoms with Crippen LogP contribution in [0.4, 0.5) is 0 Å². The van der Waals surface area contributed by atoms with E-state index in [4.69, 9.17) is 9.84 Å². The van der Waals surface area contributed by atoms with Crippen molar-refractivity contribution in [3.8, 4) is 0 Å². The summed E-state index contributed by atoms with van der Waals surface area (Å²) in [5.74, 6) is 0.341. The Hall–Kier alpha value is -1.39. The molecule has 0 aromatic rings. The lowest BCUT2D eigenvalue weighted by Gasteiger charge is -2.38. The average molecular weight is 250 g/mol. The van der Waals surface area contributed by atoms with Gasteiger partial charge in [-0.05, 0) is 37.5 Å². The summed E-state index contributed by atoms with van der Waals surface area (Å²) in [6.45, 7) is 5.20. The molecule has 0 radical (unpaired) electrons. The van der Waals surface area contributed by atoms with Gasteiger partial charge in [-0.3, -0.25) is 4.79 Å². The van der Waals surface area contributed by atoms with Crippen LogP contribution in [0.2, 0.25) is 0 Å². The summed E-state index contributed by atoms with van der Waals surface area (Å²) in [4.78, 5) is 12.2. The fourth-order valence-corrected chi connectivity index (χ4v) is 2.35. The molecule has 4 nitrogen and oxygen atoms in total. The molecule has 0 fully saturated rings. The lowest BCUT2D eigenvalue weighted by atomic mass is 9.68. The normalized spacial score (nSPS) is 31.6. The highest BCUT2D eigenvalue weighted by atomic mass is 16.5. The Morgan fingerprint density at radius 1 is 1.50 bits per heavy atom. The van der Waals surface area contributed by atoms with E-state index in [0.29, 0.717) is 28.9 Å². The summed E-state index contributed by atoms with van der Waals surface area (Å²) >= 11 is 0. The maximum Gasteiger partial charge on any atom is 0.165 e. The second kappa shape index (κ2) is 4.37. The van der Waals surface area contributed by atoms with Crippen LogP contribution in [0.25, 0.3) is 0 Å². The Labute approximate surface area is 106 Å². The van der Waals surface area contributed by atoms with Crippen molar-refractivity contribution in [2.45, 2.75) is 33.3 Å². The molecule has 2 aliphatic rings. The standard InChI is InChI=1S/C14H18O4/c1-4-14(3)12(16)5-9-8(2)11(6-15)18-7-10(9)13(14)17/h5,7,13,15,17H,4,6H2,1-3H3. The Morgan fingerprint density at radius 2 is 2.17 bits per heavy atom. The molecule has 0 aromatic carbocycles. The Bertz CT molecular complexity index is 484. The fourth-order valence-electron chi connectivity index (χ4n) is 2.35. The van der Waals surface area contributed by atoms with Gasteiger partial charge in [0.2, 0.25) is 0 Å². The number of ether oxygens (including phenoxy) is 1. The van der Waals surface area contributed by atoms with Crippen LogP contribution in [-0.2, 0) is 9.53 Å². The first kappa shape index (κ1) is 13.1. The van der Waals surface area contributed by atoms with Gasteiger partial charge in [-0.25, -0.2) is 0 Å². The van der Waals surface area contributed by atoms with Crippen molar-refractivity contribution in [1.82, 2.24) is 0 Å². The minimum atomic E-state index is -0.870. The third kappa shape index (κ3) is 1.64. The molecule has 1 aliphatic carbocycles. The molecule has 0 saturated carbocycles. The van der Waals surface area contributed by atoms with Gasteiger partial charge in [-0.15, -0.1) is 0 Å². The molecule has 1 heterocycles. The topological polar surface area (TPSA) is 66.8 Å². The van der Waals surface area contributed by atoms with E-state index in [2.05, 4.69) is 0 Å². The zero-order valence-corrected chi connectivity index (χ0v) is 10.9. The van der Waals surface area contributed by atoms with Crippen molar-refractivity contribution in [1.29, 1.82) is 0 Å². The Kier molecular flexibility index (Phi) is 3.17. The largest absolute Gasteiger partial charge is 0.466 e. The highest BCUT2D eigenvalue weighted by Crippen LogP contribution is 2.43. The van der Waals surface area contributed by atoms with E-state index in [9.17, 15) is 9.90 Å². The van der Waals surface area contributed by atoms with E-state index in [1.807, 2.05) is 6.92 Å². The van der Waals surface area contributed by atoms with E-state index in [-0.39, 0.29) is 12.4 Å². The van der Waals surface area contributed by atoms with Gasteiger partial charge in [0.05, 0.1) is 17.8 Å². The number of carbonyl (C=O) groups is 1. The van der Waals surface area contributed by atoms with Gasteiger partial charge in [0.1, 0.15) is 12.4 Å². The average Bonchev–Trinajstić information content (AvgIpc) is 2.37. The number of carbonyl (C=O) groups excluding carboxylic acids is 1. The predicted octanol–water partition coefficient (Wildman–Crippen LogP) is 1.45. The summed E-state index contributed by atoms with van der Waals surface area (Å²) in [5.41, 5.74) is 1.21. The van der Waals surface area contributed by atoms with Crippen LogP contribution in [0.15, 0.2) is 34.8 Å². The number of rotatable bonds is 2. The molecule has 0 amide bonds. The number of hydrogen-bond donors (Lipinski definition) is 2. The second-order valence-corrected chi connectivity index (χ2v) is 4.99. The first-order valence-corrected chi connectivity index (χ1v) is 6.08. The molecular weight excluding hydrogens is 232 g/mol. The van der Waals surface area contributed by atoms with Crippen LogP contribution in [0.3, 0.4) is 0 Å². The third-order valence-electron chi connectivity index (χ3n) is 4.08. The van der Waals surface area contributed by atoms with Crippen molar-refractivity contribution in [3.05, 3.63) is 34.8 Å². The molecule has 0 saturated heterocycles. The SMILES string of the molecule is CCC1(C)C(=O)C=C2C(=COC(CO)=C2C)C1O. The molecule has 2 N–H and O–H groups in total. The maximum absolute atomic E-state index is 12.2. The third-order valence-corrected chi connectivity index (χ3v) is 4.08. The molecule has 1 aliphatic heterocycles. The first-order valence-electron chi connectivity index (χ1n) is 6.08. The van der Waals surface area contributed by atoms with Gasteiger partial charge in [0.25, 0.3) is 0 Å². The first-order chi connectivity index (χ1) is 8.45. The molecule has 2 rings (SSSR count). The lowest BCUT2D eigenvalue weighted by Crippen LogP contribution is -2.44. The van der Waals surface area contributed by atoms with Crippen molar-refractivity contribution < 1.29 is 19.7 Å². The smallest absolute Gasteiger partial charge is 0.165 e. The van der Waals surface area contributed by atoms with Gasteiger partial charge in [0.15, 0.2) is 5.78 Å². The van der Waals surface area contributed by atoms with Crippen LogP contribution < -0.4 is 0 Å². The highest BCUT2D eigenvalue weighted by Gasteiger charge is 2.45. The fraction of sp³-hybridized carbons (Fsp3) is 0.500. The summed E-state index contributed by atoms with van der Waals surface area (Å²) in [6, 6.07) is 0. The molecule has 2 unspecified atom stereocenters. The van der Waals surface area contributed by atoms with E-state index < -0.39 is 11.5 Å². The Morgan fingerprint density at radius 3 is 2.72 bits per heavy atom. The summed E-state index contributed by atoms with van der Waals surface area (Å²) in [7, 11) is 0. The highest BCUT2D eigenvalue weighted by molar-refractivity contribution is 5.99. The second-order valence-electron chi connectivity index (χ2n) is 4.99. The quantitative estimate of drug-likeness (QED) is 0.778. The predicted molar refractivity (Wildman–Crippen MR) is 66.4 cm³/mol. The van der Waals surface area contributed by atoms with Crippen molar-refractivity contribution in [2.24, 2.45) is 5.41 Å². The van der Waals surface area contributed by atoms with Crippen molar-refractivity contribution in [2.75, 3.05) is 6.61 Å². The molecule has 18 heavy (non-hydrogen) atoms. The van der Waals surface area contributed by atoms with E-state index >= 15 is 0 Å². The number of fused-ring (bicyclic) bond motifs is 1. The molecule has 2 atom stereocenters. The van der Waals surface area contributed by atoms with E-state index in [1.165, 1.54) is 6.26 Å². The van der Waals surface area contributed by atoms with Gasteiger partial charge < -0.3 is 14.9 Å². The minimum Gasteiger partial charge on any atom is -0.466 e. The number of allylic oxidation sites excluding steroid dienone is 2. The number of aliphatic hydroxyl groups excluding tert-OH is 2. The monoisotopic (exact) mass is 250 g/mol. The van der Waals surface area contributed by atoms with Gasteiger partial charge in [-0.2, -0.15) is 0 Å². The summed E-state index contributed by atoms with van der Waals surface area (Å²) in [6.07, 6.45) is 2.68. The number of aliphatic hydroxyl groups is 2. The molecule has 0 spiro atoms. The zero-order valence-electron chi connectivity index (χ0n) is 10.9. The van der Waals surface area contributed by atoms with E-state index in [1.54, 1.807) is 19.9 Å². The van der Waals surface area contributed by atoms with Crippen LogP contribution >= 0.6 is 0 Å². The molecule has 98 valence electrons. The van der Waals surface area contributed by atoms with Gasteiger partial charge in [0, 0.05) is 5.57 Å². The lowest BCUT2D eigenvalue weighted by molar-refractivity contribution is -0.128. The van der Waals surface area contributed by atoms with Crippen molar-refractivity contribution >= 4 is 5.78 Å². The number of ketones is 1. The zero-order chi connectivity index (χ0) is 13.5. The van der Waals surface area contributed by atoms with Crippen LogP contribution in [-0.4, -0.2) is 28.7 Å². The summed E-state index contributed by atoms with van der Waals surface area (Å²) in [5, 5.41) is 19.5. The number of hydrogen-bond acceptors (Lipinski definition) is 4. The minimum absolute atomic E-state index is 0.0804. The molecule has 0 aromatic heterocycles. The van der Waals surface area contributed by atoms with E-state index in [0.717, 1.165) is 0 Å². The van der Waals surface area contributed by atoms with Crippen LogP contribution in [0.5, 0.6) is 0 Å². The van der Waals surface area contributed by atoms with Crippen LogP contribution in [0, 0.1) is 5.41 Å². The van der Waals surface area contributed by atoms with Crippen LogP contribution in [0.1, 0.15) is 27.2 Å². The molecule has 0 bridgehead atoms. The van der Waals surface area contributed by atoms with Crippen molar-refractivity contribution in [3.63, 3.8) is 0 Å². The summed E-state index contributed by atoms with van der Waals surface area (Å²) < 4.78 is 5.31. The molecular formula is C14H18O4. The Balaban J connectivity index is 2.53. The van der Waals surface area contributed by atoms with Gasteiger partial charge in [-0.1, -0.05) is 6.92 Å².